The van der Waals surface area contributed by atoms with E-state index in [4.69, 9.17) is 0 Å². The first-order valence-electron chi connectivity index (χ1n) is 7.74. The zero-order valence-electron chi connectivity index (χ0n) is 13.0. The first-order valence-corrected chi connectivity index (χ1v) is 7.74. The summed E-state index contributed by atoms with van der Waals surface area (Å²) in [6.07, 6.45) is 1.87. The maximum atomic E-state index is 4.46. The van der Waals surface area contributed by atoms with Crippen molar-refractivity contribution in [3.63, 3.8) is 0 Å². The number of likely N-dealkylation sites (N-methyl/N-ethyl adjacent to an activating group) is 2. The maximum absolute atomic E-state index is 4.46. The zero-order chi connectivity index (χ0) is 14.9. The fourth-order valence-electron chi connectivity index (χ4n) is 2.56. The molecule has 21 heavy (non-hydrogen) atoms. The van der Waals surface area contributed by atoms with E-state index in [-0.39, 0.29) is 0 Å². The summed E-state index contributed by atoms with van der Waals surface area (Å²) >= 11 is 0. The van der Waals surface area contributed by atoms with E-state index in [1.54, 1.807) is 0 Å². The summed E-state index contributed by atoms with van der Waals surface area (Å²) in [6.45, 7) is 8.19. The molecule has 0 saturated heterocycles. The average Bonchev–Trinajstić information content (AvgIpc) is 2.56. The molecule has 1 N–H and O–H groups in total. The summed E-state index contributed by atoms with van der Waals surface area (Å²) in [5.74, 6) is 0. The van der Waals surface area contributed by atoms with Gasteiger partial charge in [-0.05, 0) is 30.8 Å². The van der Waals surface area contributed by atoms with Gasteiger partial charge in [0.1, 0.15) is 0 Å². The number of aromatic nitrogens is 1. The number of nitrogens with zero attached hydrogens (tertiary/aromatic N) is 2. The van der Waals surface area contributed by atoms with Gasteiger partial charge in [-0.2, -0.15) is 0 Å². The van der Waals surface area contributed by atoms with E-state index in [0.29, 0.717) is 6.04 Å². The van der Waals surface area contributed by atoms with Crippen LogP contribution in [0.4, 0.5) is 0 Å². The van der Waals surface area contributed by atoms with Crippen LogP contribution in [0.25, 0.3) is 0 Å². The van der Waals surface area contributed by atoms with Gasteiger partial charge in [-0.15, -0.1) is 0 Å². The topological polar surface area (TPSA) is 28.2 Å². The monoisotopic (exact) mass is 283 g/mol. The van der Waals surface area contributed by atoms with Gasteiger partial charge in [-0.25, -0.2) is 0 Å². The first kappa shape index (κ1) is 15.7. The standard InChI is InChI=1S/C18H25N3/c1-3-19-14-18(16-10-6-5-7-11-16)21(4-2)15-17-12-8-9-13-20-17/h5-13,18-19H,3-4,14-15H2,1-2H3. The number of nitrogens with one attached hydrogen (secondary N) is 1. The molecule has 0 aliphatic rings. The smallest absolute Gasteiger partial charge is 0.0544 e. The van der Waals surface area contributed by atoms with Gasteiger partial charge in [0.15, 0.2) is 0 Å². The van der Waals surface area contributed by atoms with Crippen LogP contribution in [0, 0.1) is 0 Å². The molecule has 0 amide bonds. The highest BCUT2D eigenvalue weighted by atomic mass is 15.2. The van der Waals surface area contributed by atoms with Crippen LogP contribution in [-0.2, 0) is 6.54 Å². The van der Waals surface area contributed by atoms with Crippen LogP contribution in [0.1, 0.15) is 31.1 Å². The summed E-state index contributed by atoms with van der Waals surface area (Å²) < 4.78 is 0. The molecule has 112 valence electrons. The van der Waals surface area contributed by atoms with Crippen molar-refractivity contribution in [2.24, 2.45) is 0 Å². The van der Waals surface area contributed by atoms with Crippen molar-refractivity contribution in [3.05, 3.63) is 66.0 Å². The van der Waals surface area contributed by atoms with Crippen LogP contribution >= 0.6 is 0 Å². The van der Waals surface area contributed by atoms with Gasteiger partial charge < -0.3 is 5.32 Å². The summed E-state index contributed by atoms with van der Waals surface area (Å²) in [6, 6.07) is 17.2. The van der Waals surface area contributed by atoms with E-state index in [1.165, 1.54) is 5.56 Å². The van der Waals surface area contributed by atoms with Crippen molar-refractivity contribution >= 4 is 0 Å². The fraction of sp³-hybridized carbons (Fsp3) is 0.389. The number of hydrogen-bond donors (Lipinski definition) is 1. The molecule has 0 bridgehead atoms. The molecule has 0 radical (unpaired) electrons. The minimum Gasteiger partial charge on any atom is -0.315 e. The van der Waals surface area contributed by atoms with Gasteiger partial charge >= 0.3 is 0 Å². The summed E-state index contributed by atoms with van der Waals surface area (Å²) in [5, 5.41) is 3.49. The molecule has 0 aliphatic heterocycles. The van der Waals surface area contributed by atoms with Crippen LogP contribution < -0.4 is 5.32 Å². The van der Waals surface area contributed by atoms with Gasteiger partial charge in [0, 0.05) is 25.3 Å². The Bertz CT molecular complexity index is 498. The second-order valence-electron chi connectivity index (χ2n) is 5.12. The molecule has 2 rings (SSSR count). The first-order chi connectivity index (χ1) is 10.3. The molecule has 2 aromatic rings. The van der Waals surface area contributed by atoms with Gasteiger partial charge in [0.2, 0.25) is 0 Å². The lowest BCUT2D eigenvalue weighted by atomic mass is 10.0. The third-order valence-corrected chi connectivity index (χ3v) is 3.71. The van der Waals surface area contributed by atoms with Crippen molar-refractivity contribution in [2.45, 2.75) is 26.4 Å². The molecule has 0 aliphatic carbocycles. The molecule has 0 fully saturated rings. The van der Waals surface area contributed by atoms with E-state index in [9.17, 15) is 0 Å². The van der Waals surface area contributed by atoms with Crippen LogP contribution in [0.3, 0.4) is 0 Å². The van der Waals surface area contributed by atoms with Crippen LogP contribution in [0.2, 0.25) is 0 Å². The highest BCUT2D eigenvalue weighted by molar-refractivity contribution is 5.20. The van der Waals surface area contributed by atoms with E-state index in [2.05, 4.69) is 71.5 Å². The second-order valence-corrected chi connectivity index (χ2v) is 5.12. The molecular weight excluding hydrogens is 258 g/mol. The number of pyridine rings is 1. The van der Waals surface area contributed by atoms with Crippen molar-refractivity contribution in [1.82, 2.24) is 15.2 Å². The van der Waals surface area contributed by atoms with E-state index in [1.807, 2.05) is 12.3 Å². The van der Waals surface area contributed by atoms with E-state index in [0.717, 1.165) is 31.9 Å². The predicted molar refractivity (Wildman–Crippen MR) is 88.0 cm³/mol. The Balaban J connectivity index is 2.16. The Morgan fingerprint density at radius 2 is 1.81 bits per heavy atom. The highest BCUT2D eigenvalue weighted by Crippen LogP contribution is 2.21. The Labute approximate surface area is 128 Å². The lowest BCUT2D eigenvalue weighted by Crippen LogP contribution is -2.35. The van der Waals surface area contributed by atoms with E-state index >= 15 is 0 Å². The third-order valence-electron chi connectivity index (χ3n) is 3.71. The fourth-order valence-corrected chi connectivity index (χ4v) is 2.56. The molecule has 0 saturated carbocycles. The molecule has 1 heterocycles. The Morgan fingerprint density at radius 1 is 1.05 bits per heavy atom. The second kappa shape index (κ2) is 8.55. The van der Waals surface area contributed by atoms with Crippen molar-refractivity contribution in [3.8, 4) is 0 Å². The molecule has 3 heteroatoms. The molecule has 1 atom stereocenters. The van der Waals surface area contributed by atoms with Crippen molar-refractivity contribution in [2.75, 3.05) is 19.6 Å². The minimum atomic E-state index is 0.373. The molecule has 1 aromatic carbocycles. The van der Waals surface area contributed by atoms with Gasteiger partial charge in [-0.3, -0.25) is 9.88 Å². The van der Waals surface area contributed by atoms with Crippen LogP contribution in [0.5, 0.6) is 0 Å². The zero-order valence-corrected chi connectivity index (χ0v) is 13.0. The van der Waals surface area contributed by atoms with E-state index < -0.39 is 0 Å². The number of hydrogen-bond acceptors (Lipinski definition) is 3. The largest absolute Gasteiger partial charge is 0.315 e. The normalized spacial score (nSPS) is 12.5. The number of benzene rings is 1. The SMILES string of the molecule is CCNCC(c1ccccc1)N(CC)Cc1ccccn1. The Morgan fingerprint density at radius 3 is 2.43 bits per heavy atom. The lowest BCUT2D eigenvalue weighted by Gasteiger charge is -2.31. The van der Waals surface area contributed by atoms with Crippen LogP contribution in [0.15, 0.2) is 54.7 Å². The van der Waals surface area contributed by atoms with Crippen molar-refractivity contribution in [1.29, 1.82) is 0 Å². The quantitative estimate of drug-likeness (QED) is 0.806. The summed E-state index contributed by atoms with van der Waals surface area (Å²) in [5.41, 5.74) is 2.48. The molecular formula is C18H25N3. The number of rotatable bonds is 8. The maximum Gasteiger partial charge on any atom is 0.0544 e. The van der Waals surface area contributed by atoms with Crippen molar-refractivity contribution < 1.29 is 0 Å². The van der Waals surface area contributed by atoms with Crippen LogP contribution in [-0.4, -0.2) is 29.5 Å². The third kappa shape index (κ3) is 4.66. The summed E-state index contributed by atoms with van der Waals surface area (Å²) in [7, 11) is 0. The van der Waals surface area contributed by atoms with Gasteiger partial charge in [0.05, 0.1) is 5.69 Å². The van der Waals surface area contributed by atoms with Gasteiger partial charge in [0.25, 0.3) is 0 Å². The molecule has 0 spiro atoms. The lowest BCUT2D eigenvalue weighted by molar-refractivity contribution is 0.192. The predicted octanol–water partition coefficient (Wildman–Crippen LogP) is 3.25. The Hall–Kier alpha value is -1.71. The molecule has 1 unspecified atom stereocenters. The highest BCUT2D eigenvalue weighted by Gasteiger charge is 2.19. The summed E-state index contributed by atoms with van der Waals surface area (Å²) in [4.78, 5) is 6.93. The minimum absolute atomic E-state index is 0.373. The van der Waals surface area contributed by atoms with Gasteiger partial charge in [-0.1, -0.05) is 50.2 Å². The molecule has 3 nitrogen and oxygen atoms in total. The average molecular weight is 283 g/mol. The molecule has 1 aromatic heterocycles. The Kier molecular flexibility index (Phi) is 6.38.